The van der Waals surface area contributed by atoms with Crippen LogP contribution in [-0.2, 0) is 4.74 Å². The van der Waals surface area contributed by atoms with Crippen LogP contribution < -0.4 is 0 Å². The van der Waals surface area contributed by atoms with E-state index in [1.165, 1.54) is 6.42 Å². The average molecular weight is 164 g/mol. The first kappa shape index (κ1) is 8.62. The zero-order valence-corrected chi connectivity index (χ0v) is 8.21. The Balaban J connectivity index is 2.28. The van der Waals surface area contributed by atoms with Crippen LogP contribution in [0.5, 0.6) is 0 Å². The van der Waals surface area contributed by atoms with E-state index in [0.717, 1.165) is 12.3 Å². The van der Waals surface area contributed by atoms with Gasteiger partial charge in [0.15, 0.2) is 0 Å². The Kier molecular flexibility index (Phi) is 1.80. The van der Waals surface area contributed by atoms with Gasteiger partial charge in [0.05, 0.1) is 5.60 Å². The lowest BCUT2D eigenvalue weighted by atomic mass is 9.78. The minimum atomic E-state index is 0.00343. The number of fused-ring (bicyclic) bond motifs is 2. The van der Waals surface area contributed by atoms with Gasteiger partial charge in [-0.25, -0.2) is 0 Å². The van der Waals surface area contributed by atoms with Crippen LogP contribution in [0.15, 0.2) is 0 Å². The molecular weight excluding hydrogens is 147 g/mol. The minimum absolute atomic E-state index is 0.00343. The van der Waals surface area contributed by atoms with Crippen molar-refractivity contribution in [1.82, 2.24) is 0 Å². The fraction of sp³-hybridized carbons (Fsp3) is 1.00. The summed E-state index contributed by atoms with van der Waals surface area (Å²) in [6.45, 7) is 6.81. The van der Waals surface area contributed by atoms with Crippen molar-refractivity contribution in [3.05, 3.63) is 0 Å². The molecule has 1 aliphatic carbocycles. The first-order valence-corrected chi connectivity index (χ1v) is 5.04. The second-order valence-electron chi connectivity index (χ2n) is 4.55. The van der Waals surface area contributed by atoms with E-state index < -0.39 is 0 Å². The van der Waals surface area contributed by atoms with Crippen molar-refractivity contribution >= 4 is 7.85 Å². The third kappa shape index (κ3) is 0.848. The fourth-order valence-corrected chi connectivity index (χ4v) is 3.37. The quantitative estimate of drug-likeness (QED) is 0.538. The molecule has 0 spiro atoms. The van der Waals surface area contributed by atoms with Crippen LogP contribution in [0.2, 0.25) is 0 Å². The monoisotopic (exact) mass is 164 g/mol. The van der Waals surface area contributed by atoms with E-state index in [1.54, 1.807) is 0 Å². The molecule has 0 aromatic heterocycles. The molecule has 2 fully saturated rings. The molecule has 2 radical (unpaired) electrons. The minimum Gasteiger partial charge on any atom is -0.381 e. The normalized spacial score (nSPS) is 57.9. The van der Waals surface area contributed by atoms with Crippen molar-refractivity contribution in [2.75, 3.05) is 0 Å². The first-order chi connectivity index (χ1) is 5.60. The summed E-state index contributed by atoms with van der Waals surface area (Å²) < 4.78 is 5.86. The van der Waals surface area contributed by atoms with E-state index >= 15 is 0 Å². The van der Waals surface area contributed by atoms with Gasteiger partial charge in [-0.1, -0.05) is 20.8 Å². The first-order valence-electron chi connectivity index (χ1n) is 5.04. The standard InChI is InChI=1S/C10H17BO/c1-4-10-5-6(2)8(7(10)3)9(11)12-10/h6-9H,4-5H2,1-3H3/t6-,7+,8?,9?,10-/m0/s1. The van der Waals surface area contributed by atoms with Gasteiger partial charge in [-0.05, 0) is 30.6 Å². The predicted octanol–water partition coefficient (Wildman–Crippen LogP) is 1.95. The van der Waals surface area contributed by atoms with Crippen LogP contribution >= 0.6 is 0 Å². The highest BCUT2D eigenvalue weighted by Gasteiger charge is 2.57. The molecule has 1 heterocycles. The highest BCUT2D eigenvalue weighted by Crippen LogP contribution is 2.55. The average Bonchev–Trinajstić information content (AvgIpc) is 2.37. The Morgan fingerprint density at radius 1 is 1.50 bits per heavy atom. The lowest BCUT2D eigenvalue weighted by Gasteiger charge is -2.32. The van der Waals surface area contributed by atoms with Gasteiger partial charge in [0.2, 0.25) is 0 Å². The van der Waals surface area contributed by atoms with Crippen LogP contribution in [0.4, 0.5) is 0 Å². The Hall–Kier alpha value is 0.0249. The topological polar surface area (TPSA) is 9.23 Å². The molecule has 2 rings (SSSR count). The number of hydrogen-bond donors (Lipinski definition) is 0. The summed E-state index contributed by atoms with van der Waals surface area (Å²) in [7, 11) is 5.94. The molecule has 1 nitrogen and oxygen atoms in total. The summed E-state index contributed by atoms with van der Waals surface area (Å²) in [4.78, 5) is 0. The maximum absolute atomic E-state index is 5.94. The summed E-state index contributed by atoms with van der Waals surface area (Å²) in [5.41, 5.74) is 0.128. The van der Waals surface area contributed by atoms with Crippen LogP contribution in [0.3, 0.4) is 0 Å². The number of hydrogen-bond acceptors (Lipinski definition) is 1. The molecule has 1 saturated carbocycles. The van der Waals surface area contributed by atoms with Crippen molar-refractivity contribution in [3.63, 3.8) is 0 Å². The molecule has 0 N–H and O–H groups in total. The predicted molar refractivity (Wildman–Crippen MR) is 50.1 cm³/mol. The van der Waals surface area contributed by atoms with E-state index in [9.17, 15) is 0 Å². The summed E-state index contributed by atoms with van der Waals surface area (Å²) in [6.07, 6.45) is 2.33. The van der Waals surface area contributed by atoms with Crippen LogP contribution in [-0.4, -0.2) is 19.5 Å². The van der Waals surface area contributed by atoms with Gasteiger partial charge in [0.25, 0.3) is 0 Å². The zero-order chi connectivity index (χ0) is 8.93. The third-order valence-corrected chi connectivity index (χ3v) is 4.08. The molecule has 2 heteroatoms. The highest BCUT2D eigenvalue weighted by molar-refractivity contribution is 6.11. The lowest BCUT2D eigenvalue weighted by molar-refractivity contribution is -0.0606. The second-order valence-corrected chi connectivity index (χ2v) is 4.55. The third-order valence-electron chi connectivity index (χ3n) is 4.08. The van der Waals surface area contributed by atoms with E-state index in [0.29, 0.717) is 11.8 Å². The Labute approximate surface area is 76.3 Å². The van der Waals surface area contributed by atoms with Crippen molar-refractivity contribution < 1.29 is 4.74 Å². The highest BCUT2D eigenvalue weighted by atomic mass is 16.5. The molecule has 66 valence electrons. The summed E-state index contributed by atoms with van der Waals surface area (Å²) in [5.74, 6) is 2.01. The molecule has 0 aromatic carbocycles. The maximum Gasteiger partial charge on any atom is 0.109 e. The molecule has 2 unspecified atom stereocenters. The summed E-state index contributed by atoms with van der Waals surface area (Å²) in [5, 5.41) is 0. The molecule has 5 atom stereocenters. The van der Waals surface area contributed by atoms with E-state index in [1.807, 2.05) is 0 Å². The molecule has 1 saturated heterocycles. The van der Waals surface area contributed by atoms with Crippen LogP contribution in [0.1, 0.15) is 33.6 Å². The molecule has 12 heavy (non-hydrogen) atoms. The Bertz CT molecular complexity index is 180. The van der Waals surface area contributed by atoms with Gasteiger partial charge in [0, 0.05) is 6.00 Å². The Morgan fingerprint density at radius 3 is 2.50 bits per heavy atom. The fourth-order valence-electron chi connectivity index (χ4n) is 3.37. The Morgan fingerprint density at radius 2 is 2.17 bits per heavy atom. The molecular formula is C10H17BO. The van der Waals surface area contributed by atoms with Crippen molar-refractivity contribution in [3.8, 4) is 0 Å². The van der Waals surface area contributed by atoms with Gasteiger partial charge in [-0.15, -0.1) is 0 Å². The summed E-state index contributed by atoms with van der Waals surface area (Å²) >= 11 is 0. The van der Waals surface area contributed by atoms with E-state index in [2.05, 4.69) is 20.8 Å². The smallest absolute Gasteiger partial charge is 0.109 e. The zero-order valence-electron chi connectivity index (χ0n) is 8.21. The largest absolute Gasteiger partial charge is 0.381 e. The second kappa shape index (κ2) is 2.51. The van der Waals surface area contributed by atoms with Gasteiger partial charge < -0.3 is 4.74 Å². The molecule has 2 aliphatic rings. The maximum atomic E-state index is 5.94. The van der Waals surface area contributed by atoms with Crippen LogP contribution in [0, 0.1) is 17.8 Å². The van der Waals surface area contributed by atoms with Crippen LogP contribution in [0.25, 0.3) is 0 Å². The molecule has 1 aliphatic heterocycles. The SMILES string of the molecule is [B]C1O[C@@]2(CC)C[C@H](C)C1[C@H]2C. The summed E-state index contributed by atoms with van der Waals surface area (Å²) in [6, 6.07) is 0.00343. The van der Waals surface area contributed by atoms with Gasteiger partial charge in [-0.2, -0.15) is 0 Å². The molecule has 0 amide bonds. The van der Waals surface area contributed by atoms with Gasteiger partial charge in [0.1, 0.15) is 7.85 Å². The number of rotatable bonds is 1. The molecule has 0 aromatic rings. The van der Waals surface area contributed by atoms with Crippen molar-refractivity contribution in [2.24, 2.45) is 17.8 Å². The van der Waals surface area contributed by atoms with Crippen molar-refractivity contribution in [1.29, 1.82) is 0 Å². The van der Waals surface area contributed by atoms with Gasteiger partial charge in [-0.3, -0.25) is 0 Å². The van der Waals surface area contributed by atoms with E-state index in [4.69, 9.17) is 12.6 Å². The van der Waals surface area contributed by atoms with Crippen molar-refractivity contribution in [2.45, 2.75) is 45.2 Å². The molecule has 2 bridgehead atoms. The van der Waals surface area contributed by atoms with E-state index in [-0.39, 0.29) is 11.6 Å². The number of ether oxygens (including phenoxy) is 1. The lowest BCUT2D eigenvalue weighted by Crippen LogP contribution is -2.34. The van der Waals surface area contributed by atoms with Gasteiger partial charge >= 0.3 is 0 Å².